The van der Waals surface area contributed by atoms with Gasteiger partial charge in [-0.2, -0.15) is 5.10 Å². The van der Waals surface area contributed by atoms with Gasteiger partial charge in [0, 0.05) is 55.0 Å². The van der Waals surface area contributed by atoms with E-state index in [0.717, 1.165) is 60.1 Å². The average Bonchev–Trinajstić information content (AvgIpc) is 3.25. The average molecular weight is 505 g/mol. The summed E-state index contributed by atoms with van der Waals surface area (Å²) in [4.78, 5) is 15.7. The van der Waals surface area contributed by atoms with E-state index in [2.05, 4.69) is 31.0 Å². The van der Waals surface area contributed by atoms with Crippen LogP contribution in [0.1, 0.15) is 35.3 Å². The molecule has 1 saturated heterocycles. The lowest BCUT2D eigenvalue weighted by atomic mass is 10.0. The molecule has 0 radical (unpaired) electrons. The molecule has 4 N–H and O–H groups in total. The number of anilines is 3. The van der Waals surface area contributed by atoms with Crippen molar-refractivity contribution < 1.29 is 13.6 Å². The molecule has 0 spiro atoms. The fraction of sp³-hybridized carbons (Fsp3) is 0.286. The molecule has 9 heteroatoms. The number of aromatic amines is 1. The fourth-order valence-corrected chi connectivity index (χ4v) is 4.67. The maximum atomic E-state index is 13.6. The van der Waals surface area contributed by atoms with Crippen LogP contribution in [-0.4, -0.2) is 48.3 Å². The van der Waals surface area contributed by atoms with E-state index in [1.165, 1.54) is 12.1 Å². The van der Waals surface area contributed by atoms with Crippen LogP contribution in [0, 0.1) is 11.6 Å². The molecule has 3 aromatic carbocycles. The second-order valence-electron chi connectivity index (χ2n) is 9.63. The molecule has 4 aromatic rings. The highest BCUT2D eigenvalue weighted by Gasteiger charge is 2.19. The molecule has 0 unspecified atom stereocenters. The number of hydrogen-bond acceptors (Lipinski definition) is 5. The molecule has 0 saturated carbocycles. The van der Waals surface area contributed by atoms with Crippen LogP contribution in [0.25, 0.3) is 10.9 Å². The Morgan fingerprint density at radius 1 is 1.00 bits per heavy atom. The normalized spacial score (nSPS) is 13.8. The summed E-state index contributed by atoms with van der Waals surface area (Å²) < 4.78 is 27.3. The number of carbonyl (C=O) groups is 1. The van der Waals surface area contributed by atoms with Gasteiger partial charge >= 0.3 is 0 Å². The van der Waals surface area contributed by atoms with Crippen molar-refractivity contribution in [2.24, 2.45) is 0 Å². The molecule has 1 aromatic heterocycles. The molecule has 0 atom stereocenters. The van der Waals surface area contributed by atoms with Crippen LogP contribution in [-0.2, 0) is 6.42 Å². The van der Waals surface area contributed by atoms with Gasteiger partial charge in [0.15, 0.2) is 5.82 Å². The third-order valence-electron chi connectivity index (χ3n) is 6.36. The highest BCUT2D eigenvalue weighted by molar-refractivity contribution is 6.11. The van der Waals surface area contributed by atoms with Crippen LogP contribution in [0.15, 0.2) is 54.6 Å². The summed E-state index contributed by atoms with van der Waals surface area (Å²) in [6.45, 7) is 7.75. The number of carbonyl (C=O) groups excluding carboxylic acids is 1. The lowest BCUT2D eigenvalue weighted by Crippen LogP contribution is -2.43. The van der Waals surface area contributed by atoms with Gasteiger partial charge in [-0.15, -0.1) is 0 Å². The SMILES string of the molecule is CC(C)Nc1cc(N2CCNCC2)ccc1C(=O)Nc1n[nH]c2ccc(Cc3cc(F)cc(F)c3)cc12. The van der Waals surface area contributed by atoms with E-state index < -0.39 is 11.6 Å². The smallest absolute Gasteiger partial charge is 0.258 e. The number of hydrogen-bond donors (Lipinski definition) is 4. The summed E-state index contributed by atoms with van der Waals surface area (Å²) in [6.07, 6.45) is 0.346. The van der Waals surface area contributed by atoms with E-state index in [1.54, 1.807) is 0 Å². The minimum absolute atomic E-state index is 0.145. The second-order valence-corrected chi connectivity index (χ2v) is 9.63. The Morgan fingerprint density at radius 3 is 2.49 bits per heavy atom. The zero-order valence-electron chi connectivity index (χ0n) is 20.9. The number of H-pyrrole nitrogens is 1. The molecule has 1 fully saturated rings. The summed E-state index contributed by atoms with van der Waals surface area (Å²) >= 11 is 0. The summed E-state index contributed by atoms with van der Waals surface area (Å²) in [5.41, 5.74) is 4.48. The third-order valence-corrected chi connectivity index (χ3v) is 6.36. The van der Waals surface area contributed by atoms with Crippen LogP contribution in [0.3, 0.4) is 0 Å². The summed E-state index contributed by atoms with van der Waals surface area (Å²) in [5.74, 6) is -1.10. The van der Waals surface area contributed by atoms with Gasteiger partial charge in [-0.3, -0.25) is 9.89 Å². The van der Waals surface area contributed by atoms with Crippen molar-refractivity contribution in [1.82, 2.24) is 15.5 Å². The van der Waals surface area contributed by atoms with Crippen molar-refractivity contribution in [3.8, 4) is 0 Å². The van der Waals surface area contributed by atoms with Crippen LogP contribution >= 0.6 is 0 Å². The molecular weight excluding hydrogens is 474 g/mol. The number of halogens is 2. The van der Waals surface area contributed by atoms with Crippen LogP contribution in [0.2, 0.25) is 0 Å². The highest BCUT2D eigenvalue weighted by atomic mass is 19.1. The quantitative estimate of drug-likeness (QED) is 0.287. The van der Waals surface area contributed by atoms with E-state index in [-0.39, 0.29) is 11.9 Å². The van der Waals surface area contributed by atoms with Crippen LogP contribution in [0.5, 0.6) is 0 Å². The number of fused-ring (bicyclic) bond motifs is 1. The molecule has 2 heterocycles. The Hall–Kier alpha value is -3.98. The first kappa shape index (κ1) is 24.7. The molecule has 192 valence electrons. The van der Waals surface area contributed by atoms with Crippen molar-refractivity contribution >= 4 is 34.0 Å². The molecule has 0 aliphatic carbocycles. The first-order valence-corrected chi connectivity index (χ1v) is 12.5. The minimum Gasteiger partial charge on any atom is -0.382 e. The standard InChI is InChI=1S/C28H30F2N6O/c1-17(2)32-26-16-22(36-9-7-31-8-10-36)4-5-23(26)28(37)33-27-24-14-18(3-6-25(24)34-35-27)11-19-12-20(29)15-21(30)13-19/h3-6,12-17,31-32H,7-11H2,1-2H3,(H2,33,34,35,37). The molecule has 1 aliphatic heterocycles. The Morgan fingerprint density at radius 2 is 1.76 bits per heavy atom. The molecule has 37 heavy (non-hydrogen) atoms. The lowest BCUT2D eigenvalue weighted by Gasteiger charge is -2.30. The number of benzene rings is 3. The number of amides is 1. The third kappa shape index (κ3) is 5.72. The zero-order valence-corrected chi connectivity index (χ0v) is 20.9. The van der Waals surface area contributed by atoms with E-state index in [9.17, 15) is 13.6 Å². The summed E-state index contributed by atoms with van der Waals surface area (Å²) in [6, 6.07) is 15.1. The Kier molecular flexibility index (Phi) is 7.05. The van der Waals surface area contributed by atoms with Gasteiger partial charge in [0.2, 0.25) is 0 Å². The zero-order chi connectivity index (χ0) is 25.9. The largest absolute Gasteiger partial charge is 0.382 e. The van der Waals surface area contributed by atoms with E-state index in [1.807, 2.05) is 50.2 Å². The lowest BCUT2D eigenvalue weighted by molar-refractivity contribution is 0.102. The van der Waals surface area contributed by atoms with Gasteiger partial charge in [0.05, 0.1) is 11.1 Å². The Balaban J connectivity index is 1.40. The monoisotopic (exact) mass is 504 g/mol. The Bertz CT molecular complexity index is 1410. The highest BCUT2D eigenvalue weighted by Crippen LogP contribution is 2.28. The Labute approximate surface area is 214 Å². The van der Waals surface area contributed by atoms with Gasteiger partial charge in [-0.1, -0.05) is 6.07 Å². The van der Waals surface area contributed by atoms with E-state index in [4.69, 9.17) is 0 Å². The van der Waals surface area contributed by atoms with Crippen molar-refractivity contribution in [1.29, 1.82) is 0 Å². The van der Waals surface area contributed by atoms with E-state index in [0.29, 0.717) is 23.4 Å². The maximum Gasteiger partial charge on any atom is 0.258 e. The van der Waals surface area contributed by atoms with Crippen LogP contribution in [0.4, 0.5) is 26.0 Å². The minimum atomic E-state index is -0.610. The van der Waals surface area contributed by atoms with Crippen LogP contribution < -0.4 is 20.9 Å². The maximum absolute atomic E-state index is 13.6. The first-order chi connectivity index (χ1) is 17.9. The summed E-state index contributed by atoms with van der Waals surface area (Å²) in [5, 5.41) is 17.7. The van der Waals surface area contributed by atoms with Gasteiger partial charge in [-0.25, -0.2) is 8.78 Å². The summed E-state index contributed by atoms with van der Waals surface area (Å²) in [7, 11) is 0. The van der Waals surface area contributed by atoms with Crippen molar-refractivity contribution in [2.45, 2.75) is 26.3 Å². The van der Waals surface area contributed by atoms with Crippen molar-refractivity contribution in [2.75, 3.05) is 41.7 Å². The molecule has 1 amide bonds. The number of aromatic nitrogens is 2. The van der Waals surface area contributed by atoms with Gasteiger partial charge in [0.1, 0.15) is 11.6 Å². The van der Waals surface area contributed by atoms with Gasteiger partial charge in [0.25, 0.3) is 5.91 Å². The first-order valence-electron chi connectivity index (χ1n) is 12.5. The van der Waals surface area contributed by atoms with Crippen molar-refractivity contribution in [3.63, 3.8) is 0 Å². The fourth-order valence-electron chi connectivity index (χ4n) is 4.67. The predicted molar refractivity (Wildman–Crippen MR) is 143 cm³/mol. The molecular formula is C28H30F2N6O. The van der Waals surface area contributed by atoms with Gasteiger partial charge < -0.3 is 20.9 Å². The van der Waals surface area contributed by atoms with E-state index >= 15 is 0 Å². The number of nitrogens with one attached hydrogen (secondary N) is 4. The topological polar surface area (TPSA) is 85.1 Å². The van der Waals surface area contributed by atoms with Gasteiger partial charge in [-0.05, 0) is 73.9 Å². The molecule has 0 bridgehead atoms. The number of nitrogens with zero attached hydrogens (tertiary/aromatic N) is 2. The molecule has 1 aliphatic rings. The van der Waals surface area contributed by atoms with Crippen molar-refractivity contribution in [3.05, 3.63) is 82.9 Å². The molecule has 5 rings (SSSR count). The number of rotatable bonds is 7. The predicted octanol–water partition coefficient (Wildman–Crippen LogP) is 4.91. The second kappa shape index (κ2) is 10.6. The molecule has 7 nitrogen and oxygen atoms in total. The number of piperazine rings is 1.